The summed E-state index contributed by atoms with van der Waals surface area (Å²) in [7, 11) is 0. The summed E-state index contributed by atoms with van der Waals surface area (Å²) in [4.78, 5) is 24.1. The Balaban J connectivity index is 1.51. The molecule has 4 nitrogen and oxygen atoms in total. The van der Waals surface area contributed by atoms with E-state index in [9.17, 15) is 14.7 Å². The first-order chi connectivity index (χ1) is 15.5. The second-order valence-electron chi connectivity index (χ2n) is 8.45. The molecule has 1 heterocycles. The molecule has 0 aliphatic heterocycles. The van der Waals surface area contributed by atoms with Crippen molar-refractivity contribution in [1.82, 2.24) is 0 Å². The molecular weight excluding hydrogens is 444 g/mol. The van der Waals surface area contributed by atoms with Crippen LogP contribution in [0.4, 0.5) is 0 Å². The van der Waals surface area contributed by atoms with Gasteiger partial charge >= 0.3 is 5.97 Å². The lowest BCUT2D eigenvalue weighted by Crippen LogP contribution is -2.27. The lowest BCUT2D eigenvalue weighted by Gasteiger charge is -2.27. The van der Waals surface area contributed by atoms with E-state index in [2.05, 4.69) is 6.07 Å². The van der Waals surface area contributed by atoms with Gasteiger partial charge in [-0.15, -0.1) is 11.3 Å². The fourth-order valence-corrected chi connectivity index (χ4v) is 5.82. The summed E-state index contributed by atoms with van der Waals surface area (Å²) in [5.74, 6) is -0.408. The number of Topliss-reactive ketones (excluding diaryl/α,β-unsaturated/α-hetero) is 1. The summed E-state index contributed by atoms with van der Waals surface area (Å²) in [6, 6.07) is 8.07. The predicted octanol–water partition coefficient (Wildman–Crippen LogP) is 6.59. The maximum Gasteiger partial charge on any atom is 0.303 e. The maximum absolute atomic E-state index is 12.5. The van der Waals surface area contributed by atoms with Gasteiger partial charge in [-0.1, -0.05) is 54.1 Å². The number of carboxylic acid groups (broad SMARTS) is 1. The number of allylic oxidation sites excluding steroid dienone is 3. The minimum Gasteiger partial charge on any atom is -0.481 e. The number of carboxylic acids is 1. The monoisotopic (exact) mass is 474 g/mol. The standard InChI is InChI=1S/C26H31ClO4S/c27-26-21-10-5-6-12-23(21)32-24(26)17-16-19(28)15-14-18-8-7-11-22(29)20(18)9-3-1-2-4-13-25(30)31/h1,3,5-6,10,12,14-15,18-20,28H,2,4,7-9,11,13,16-17H2,(H,30,31)/t18-,19?,20-/m1/s1. The van der Waals surface area contributed by atoms with Crippen LogP contribution in [0.15, 0.2) is 48.6 Å². The molecule has 1 aromatic carbocycles. The SMILES string of the molecule is O=C(O)CCCC=CC[C@H]1C(=O)CCC[C@@H]1C=CC(O)CCc1sc2ccccc2c1Cl. The lowest BCUT2D eigenvalue weighted by atomic mass is 9.76. The van der Waals surface area contributed by atoms with Gasteiger partial charge in [0.05, 0.1) is 11.1 Å². The molecule has 0 amide bonds. The van der Waals surface area contributed by atoms with Crippen molar-refractivity contribution in [1.29, 1.82) is 0 Å². The van der Waals surface area contributed by atoms with Crippen molar-refractivity contribution in [2.24, 2.45) is 11.8 Å². The Morgan fingerprint density at radius 2 is 2.09 bits per heavy atom. The number of carbonyl (C=O) groups is 2. The lowest BCUT2D eigenvalue weighted by molar-refractivity contribution is -0.137. The van der Waals surface area contributed by atoms with Gasteiger partial charge in [0, 0.05) is 33.7 Å². The van der Waals surface area contributed by atoms with E-state index in [1.807, 2.05) is 42.5 Å². The summed E-state index contributed by atoms with van der Waals surface area (Å²) < 4.78 is 1.16. The number of aliphatic hydroxyl groups excluding tert-OH is 1. The number of rotatable bonds is 11. The number of carbonyl (C=O) groups excluding carboxylic acids is 1. The van der Waals surface area contributed by atoms with E-state index in [0.717, 1.165) is 39.2 Å². The van der Waals surface area contributed by atoms with E-state index in [0.29, 0.717) is 32.1 Å². The molecule has 0 radical (unpaired) electrons. The molecule has 2 N–H and O–H groups in total. The van der Waals surface area contributed by atoms with E-state index in [1.54, 1.807) is 11.3 Å². The van der Waals surface area contributed by atoms with Crippen LogP contribution in [0, 0.1) is 11.8 Å². The highest BCUT2D eigenvalue weighted by Gasteiger charge is 2.29. The van der Waals surface area contributed by atoms with Crippen LogP contribution in [0.25, 0.3) is 10.1 Å². The molecule has 0 saturated heterocycles. The molecule has 1 aromatic heterocycles. The molecule has 2 aromatic rings. The Kier molecular flexibility index (Phi) is 9.51. The smallest absolute Gasteiger partial charge is 0.303 e. The van der Waals surface area contributed by atoms with E-state index in [4.69, 9.17) is 16.7 Å². The second-order valence-corrected chi connectivity index (χ2v) is 9.96. The van der Waals surface area contributed by atoms with Gasteiger partial charge in [-0.3, -0.25) is 9.59 Å². The normalized spacial score (nSPS) is 20.5. The number of thiophene rings is 1. The van der Waals surface area contributed by atoms with Crippen LogP contribution in [-0.2, 0) is 16.0 Å². The number of hydrogen-bond acceptors (Lipinski definition) is 4. The Bertz CT molecular complexity index is 977. The fraction of sp³-hybridized carbons (Fsp3) is 0.462. The van der Waals surface area contributed by atoms with Gasteiger partial charge in [-0.05, 0) is 56.9 Å². The molecule has 1 saturated carbocycles. The van der Waals surface area contributed by atoms with Crippen molar-refractivity contribution in [3.8, 4) is 0 Å². The van der Waals surface area contributed by atoms with Gasteiger partial charge in [0.25, 0.3) is 0 Å². The molecule has 32 heavy (non-hydrogen) atoms. The highest BCUT2D eigenvalue weighted by molar-refractivity contribution is 7.19. The topological polar surface area (TPSA) is 74.6 Å². The van der Waals surface area contributed by atoms with E-state index in [1.165, 1.54) is 0 Å². The Morgan fingerprint density at radius 1 is 1.28 bits per heavy atom. The zero-order valence-corrected chi connectivity index (χ0v) is 19.8. The summed E-state index contributed by atoms with van der Waals surface area (Å²) >= 11 is 8.18. The highest BCUT2D eigenvalue weighted by atomic mass is 35.5. The molecule has 172 valence electrons. The number of aliphatic carboxylic acids is 1. The first-order valence-electron chi connectivity index (χ1n) is 11.4. The number of hydrogen-bond donors (Lipinski definition) is 2. The van der Waals surface area contributed by atoms with Gasteiger partial charge in [-0.25, -0.2) is 0 Å². The number of benzene rings is 1. The number of halogens is 1. The van der Waals surface area contributed by atoms with Gasteiger partial charge in [-0.2, -0.15) is 0 Å². The van der Waals surface area contributed by atoms with Crippen LogP contribution < -0.4 is 0 Å². The molecular formula is C26H31ClO4S. The van der Waals surface area contributed by atoms with Crippen molar-refractivity contribution in [3.05, 3.63) is 58.5 Å². The van der Waals surface area contributed by atoms with Crippen LogP contribution in [0.5, 0.6) is 0 Å². The largest absolute Gasteiger partial charge is 0.481 e. The molecule has 3 rings (SSSR count). The number of aryl methyl sites for hydroxylation is 1. The molecule has 1 unspecified atom stereocenters. The summed E-state index contributed by atoms with van der Waals surface area (Å²) in [5, 5.41) is 21.1. The van der Waals surface area contributed by atoms with Crippen molar-refractivity contribution >= 4 is 44.8 Å². The second kappa shape index (κ2) is 12.3. The average molecular weight is 475 g/mol. The first kappa shape index (κ1) is 24.7. The molecule has 1 aliphatic rings. The van der Waals surface area contributed by atoms with Crippen molar-refractivity contribution in [2.45, 2.75) is 63.9 Å². The summed E-state index contributed by atoms with van der Waals surface area (Å²) in [5.41, 5.74) is 0. The Morgan fingerprint density at radius 3 is 2.88 bits per heavy atom. The third-order valence-corrected chi connectivity index (χ3v) is 7.83. The number of fused-ring (bicyclic) bond motifs is 1. The molecule has 0 spiro atoms. The van der Waals surface area contributed by atoms with Gasteiger partial charge in [0.2, 0.25) is 0 Å². The van der Waals surface area contributed by atoms with Crippen LogP contribution in [0.1, 0.15) is 56.2 Å². The minimum atomic E-state index is -0.778. The molecule has 0 bridgehead atoms. The third-order valence-electron chi connectivity index (χ3n) is 6.06. The highest BCUT2D eigenvalue weighted by Crippen LogP contribution is 2.36. The van der Waals surface area contributed by atoms with Gasteiger partial charge < -0.3 is 10.2 Å². The van der Waals surface area contributed by atoms with Crippen LogP contribution in [0.3, 0.4) is 0 Å². The van der Waals surface area contributed by atoms with Crippen molar-refractivity contribution in [3.63, 3.8) is 0 Å². The zero-order valence-electron chi connectivity index (χ0n) is 18.2. The quantitative estimate of drug-likeness (QED) is 0.284. The van der Waals surface area contributed by atoms with E-state index < -0.39 is 12.1 Å². The number of unbranched alkanes of at least 4 members (excludes halogenated alkanes) is 1. The van der Waals surface area contributed by atoms with Crippen LogP contribution >= 0.6 is 22.9 Å². The van der Waals surface area contributed by atoms with Crippen molar-refractivity contribution < 1.29 is 19.8 Å². The summed E-state index contributed by atoms with van der Waals surface area (Å²) in [6.07, 6.45) is 13.2. The Labute approximate surface area is 198 Å². The van der Waals surface area contributed by atoms with Gasteiger partial charge in [0.15, 0.2) is 0 Å². The van der Waals surface area contributed by atoms with Crippen molar-refractivity contribution in [2.75, 3.05) is 0 Å². The molecule has 1 fully saturated rings. The molecule has 6 heteroatoms. The molecule has 3 atom stereocenters. The van der Waals surface area contributed by atoms with Crippen LogP contribution in [0.2, 0.25) is 5.02 Å². The zero-order chi connectivity index (χ0) is 22.9. The minimum absolute atomic E-state index is 0.0556. The predicted molar refractivity (Wildman–Crippen MR) is 131 cm³/mol. The first-order valence-corrected chi connectivity index (χ1v) is 12.6. The Hall–Kier alpha value is -1.95. The van der Waals surface area contributed by atoms with E-state index in [-0.39, 0.29) is 24.0 Å². The van der Waals surface area contributed by atoms with Gasteiger partial charge in [0.1, 0.15) is 5.78 Å². The van der Waals surface area contributed by atoms with Crippen LogP contribution in [-0.4, -0.2) is 28.1 Å². The average Bonchev–Trinajstić information content (AvgIpc) is 3.10. The third kappa shape index (κ3) is 7.03. The summed E-state index contributed by atoms with van der Waals surface area (Å²) in [6.45, 7) is 0. The van der Waals surface area contributed by atoms with E-state index >= 15 is 0 Å². The fourth-order valence-electron chi connectivity index (χ4n) is 4.28. The number of ketones is 1. The number of aliphatic hydroxyl groups is 1. The molecule has 1 aliphatic carbocycles. The maximum atomic E-state index is 12.5.